The minimum atomic E-state index is -0.630. The van der Waals surface area contributed by atoms with Crippen molar-refractivity contribution in [2.24, 2.45) is 0 Å². The smallest absolute Gasteiger partial charge is 0.339 e. The molecule has 7 heteroatoms. The minimum Gasteiger partial charge on any atom is -0.462 e. The first-order chi connectivity index (χ1) is 9.02. The van der Waals surface area contributed by atoms with E-state index in [9.17, 15) is 9.18 Å². The van der Waals surface area contributed by atoms with Gasteiger partial charge in [-0.05, 0) is 31.0 Å². The Hall–Kier alpha value is -1.95. The molecule has 2 heterocycles. The van der Waals surface area contributed by atoms with Gasteiger partial charge in [-0.3, -0.25) is 0 Å². The zero-order chi connectivity index (χ0) is 14.0. The number of hydrogen-bond donors (Lipinski definition) is 0. The van der Waals surface area contributed by atoms with Crippen molar-refractivity contribution in [2.75, 3.05) is 6.61 Å². The number of nitrogens with zero attached hydrogens (tertiary/aromatic N) is 3. The molecule has 0 aliphatic rings. The molecule has 0 bridgehead atoms. The van der Waals surface area contributed by atoms with Gasteiger partial charge in [0.25, 0.3) is 0 Å². The van der Waals surface area contributed by atoms with Crippen LogP contribution >= 0.6 is 11.6 Å². The summed E-state index contributed by atoms with van der Waals surface area (Å²) in [6.45, 7) is 3.72. The number of carbonyl (C=O) groups is 1. The molecule has 5 nitrogen and oxygen atoms in total. The maximum atomic E-state index is 13.6. The Labute approximate surface area is 114 Å². The molecule has 0 aliphatic heterocycles. The summed E-state index contributed by atoms with van der Waals surface area (Å²) in [4.78, 5) is 19.0. The van der Waals surface area contributed by atoms with Gasteiger partial charge in [0, 0.05) is 12.4 Å². The lowest BCUT2D eigenvalue weighted by atomic mass is 10.2. The molecule has 0 amide bonds. The Bertz CT molecular complexity index is 627. The number of ether oxygens (including phenoxy) is 1. The highest BCUT2D eigenvalue weighted by atomic mass is 35.5. The molecule has 19 heavy (non-hydrogen) atoms. The van der Waals surface area contributed by atoms with Crippen molar-refractivity contribution < 1.29 is 13.9 Å². The first-order valence-corrected chi connectivity index (χ1v) is 5.95. The second-order valence-electron chi connectivity index (χ2n) is 3.79. The Morgan fingerprint density at radius 1 is 1.53 bits per heavy atom. The van der Waals surface area contributed by atoms with E-state index < -0.39 is 11.8 Å². The van der Waals surface area contributed by atoms with Gasteiger partial charge in [-0.25, -0.2) is 14.2 Å². The van der Waals surface area contributed by atoms with Crippen molar-refractivity contribution >= 4 is 17.6 Å². The summed E-state index contributed by atoms with van der Waals surface area (Å²) in [5.74, 6) is -1.10. The van der Waals surface area contributed by atoms with Crippen LogP contribution in [-0.4, -0.2) is 27.1 Å². The largest absolute Gasteiger partial charge is 0.462 e. The molecule has 0 N–H and O–H groups in total. The van der Waals surface area contributed by atoms with Crippen LogP contribution in [0.25, 0.3) is 5.82 Å². The van der Waals surface area contributed by atoms with Crippen LogP contribution in [0.3, 0.4) is 0 Å². The average Bonchev–Trinajstić information content (AvgIpc) is 2.74. The maximum Gasteiger partial charge on any atom is 0.339 e. The number of aryl methyl sites for hydroxylation is 1. The van der Waals surface area contributed by atoms with Crippen LogP contribution in [-0.2, 0) is 4.74 Å². The lowest BCUT2D eigenvalue weighted by molar-refractivity contribution is 0.0525. The standard InChI is InChI=1S/C12H11ClFN3O2/c1-3-19-11(18)8-6-17(5-7(8)2)10-9(14)4-15-12(13)16-10/h4-6H,3H2,1-2H3. The predicted molar refractivity (Wildman–Crippen MR) is 67.0 cm³/mol. The summed E-state index contributed by atoms with van der Waals surface area (Å²) in [6.07, 6.45) is 4.01. The topological polar surface area (TPSA) is 57.0 Å². The first kappa shape index (κ1) is 13.5. The molecule has 0 fully saturated rings. The Kier molecular flexibility index (Phi) is 3.80. The highest BCUT2D eigenvalue weighted by Gasteiger charge is 2.16. The molecule has 2 aromatic rings. The molecule has 2 aromatic heterocycles. The van der Waals surface area contributed by atoms with Crippen molar-refractivity contribution in [3.63, 3.8) is 0 Å². The van der Waals surface area contributed by atoms with Crippen LogP contribution in [0.15, 0.2) is 18.6 Å². The molecule has 0 aromatic carbocycles. The Morgan fingerprint density at radius 3 is 2.95 bits per heavy atom. The molecule has 2 rings (SSSR count). The van der Waals surface area contributed by atoms with Gasteiger partial charge in [0.2, 0.25) is 5.28 Å². The predicted octanol–water partition coefficient (Wildman–Crippen LogP) is 2.54. The molecule has 0 spiro atoms. The van der Waals surface area contributed by atoms with Crippen molar-refractivity contribution in [3.05, 3.63) is 40.8 Å². The van der Waals surface area contributed by atoms with Crippen LogP contribution < -0.4 is 0 Å². The fourth-order valence-electron chi connectivity index (χ4n) is 1.62. The van der Waals surface area contributed by atoms with E-state index in [1.165, 1.54) is 10.8 Å². The second-order valence-corrected chi connectivity index (χ2v) is 4.13. The number of aromatic nitrogens is 3. The fourth-order valence-corrected chi connectivity index (χ4v) is 1.75. The van der Waals surface area contributed by atoms with Gasteiger partial charge >= 0.3 is 5.97 Å². The number of hydrogen-bond acceptors (Lipinski definition) is 4. The van der Waals surface area contributed by atoms with Gasteiger partial charge in [-0.1, -0.05) is 0 Å². The molecule has 0 radical (unpaired) electrons. The zero-order valence-corrected chi connectivity index (χ0v) is 11.1. The first-order valence-electron chi connectivity index (χ1n) is 5.57. The van der Waals surface area contributed by atoms with Gasteiger partial charge in [-0.15, -0.1) is 0 Å². The third kappa shape index (κ3) is 2.73. The number of halogens is 2. The highest BCUT2D eigenvalue weighted by Crippen LogP contribution is 2.18. The van der Waals surface area contributed by atoms with Crippen LogP contribution in [0.4, 0.5) is 4.39 Å². The summed E-state index contributed by atoms with van der Waals surface area (Å²) in [5, 5.41) is -0.0690. The van der Waals surface area contributed by atoms with Crippen LogP contribution in [0, 0.1) is 12.7 Å². The molecular formula is C12H11ClFN3O2. The van der Waals surface area contributed by atoms with Crippen molar-refractivity contribution in [2.45, 2.75) is 13.8 Å². The summed E-state index contributed by atoms with van der Waals surface area (Å²) < 4.78 is 19.9. The van der Waals surface area contributed by atoms with E-state index in [-0.39, 0.29) is 17.7 Å². The summed E-state index contributed by atoms with van der Waals surface area (Å²) in [5.41, 5.74) is 1.02. The van der Waals surface area contributed by atoms with Crippen molar-refractivity contribution in [3.8, 4) is 5.82 Å². The van der Waals surface area contributed by atoms with Gasteiger partial charge in [0.05, 0.1) is 18.4 Å². The lowest BCUT2D eigenvalue weighted by Gasteiger charge is -2.02. The zero-order valence-electron chi connectivity index (χ0n) is 10.4. The van der Waals surface area contributed by atoms with E-state index in [0.717, 1.165) is 6.20 Å². The molecular weight excluding hydrogens is 273 g/mol. The number of rotatable bonds is 3. The fraction of sp³-hybridized carbons (Fsp3) is 0.250. The van der Waals surface area contributed by atoms with E-state index in [1.807, 2.05) is 0 Å². The summed E-state index contributed by atoms with van der Waals surface area (Å²) in [6, 6.07) is 0. The van der Waals surface area contributed by atoms with E-state index in [4.69, 9.17) is 16.3 Å². The Balaban J connectivity index is 2.44. The average molecular weight is 284 g/mol. The SMILES string of the molecule is CCOC(=O)c1cn(-c2nc(Cl)ncc2F)cc1C. The van der Waals surface area contributed by atoms with E-state index >= 15 is 0 Å². The molecule has 100 valence electrons. The molecule has 0 saturated carbocycles. The lowest BCUT2D eigenvalue weighted by Crippen LogP contribution is -2.05. The van der Waals surface area contributed by atoms with Crippen LogP contribution in [0.1, 0.15) is 22.8 Å². The van der Waals surface area contributed by atoms with Crippen molar-refractivity contribution in [1.29, 1.82) is 0 Å². The molecule has 0 unspecified atom stereocenters. The van der Waals surface area contributed by atoms with E-state index in [1.54, 1.807) is 20.0 Å². The number of carbonyl (C=O) groups excluding carboxylic acids is 1. The molecule has 0 aliphatic carbocycles. The Morgan fingerprint density at radius 2 is 2.26 bits per heavy atom. The minimum absolute atomic E-state index is 0.0151. The number of esters is 1. The molecule has 0 saturated heterocycles. The third-order valence-corrected chi connectivity index (χ3v) is 2.64. The van der Waals surface area contributed by atoms with Gasteiger partial charge in [0.1, 0.15) is 0 Å². The quantitative estimate of drug-likeness (QED) is 0.642. The van der Waals surface area contributed by atoms with E-state index in [2.05, 4.69) is 9.97 Å². The van der Waals surface area contributed by atoms with Crippen LogP contribution in [0.5, 0.6) is 0 Å². The third-order valence-electron chi connectivity index (χ3n) is 2.46. The van der Waals surface area contributed by atoms with Crippen molar-refractivity contribution in [1.82, 2.24) is 14.5 Å². The summed E-state index contributed by atoms with van der Waals surface area (Å²) >= 11 is 5.63. The molecule has 0 atom stereocenters. The van der Waals surface area contributed by atoms with Gasteiger partial charge in [-0.2, -0.15) is 4.98 Å². The second kappa shape index (κ2) is 5.36. The maximum absolute atomic E-state index is 13.6. The van der Waals surface area contributed by atoms with Crippen LogP contribution in [0.2, 0.25) is 5.28 Å². The van der Waals surface area contributed by atoms with Gasteiger partial charge < -0.3 is 9.30 Å². The monoisotopic (exact) mass is 283 g/mol. The normalized spacial score (nSPS) is 10.5. The van der Waals surface area contributed by atoms with Gasteiger partial charge in [0.15, 0.2) is 11.6 Å². The summed E-state index contributed by atoms with van der Waals surface area (Å²) in [7, 11) is 0. The van der Waals surface area contributed by atoms with E-state index in [0.29, 0.717) is 11.1 Å². The highest BCUT2D eigenvalue weighted by molar-refractivity contribution is 6.28.